The average molecular weight is 206 g/mol. The Labute approximate surface area is 90.8 Å². The molecule has 0 fully saturated rings. The molecule has 3 heteroatoms. The molecular formula is C12H18N2O. The topological polar surface area (TPSA) is 38.5 Å². The highest BCUT2D eigenvalue weighted by atomic mass is 16.5. The Balaban J connectivity index is 2.28. The van der Waals surface area contributed by atoms with Crippen LogP contribution in [0.4, 0.5) is 5.69 Å². The molecule has 2 N–H and O–H groups in total. The molecule has 0 spiro atoms. The number of nitrogens with zero attached hydrogens (tertiary/aromatic N) is 1. The van der Waals surface area contributed by atoms with E-state index in [-0.39, 0.29) is 0 Å². The fraction of sp³-hybridized carbons (Fsp3) is 0.500. The van der Waals surface area contributed by atoms with Gasteiger partial charge in [0.1, 0.15) is 12.4 Å². The van der Waals surface area contributed by atoms with Crippen LogP contribution in [0.2, 0.25) is 0 Å². The van der Waals surface area contributed by atoms with Gasteiger partial charge in [-0.2, -0.15) is 0 Å². The van der Waals surface area contributed by atoms with Crippen molar-refractivity contribution in [2.24, 2.45) is 5.73 Å². The fourth-order valence-electron chi connectivity index (χ4n) is 1.95. The highest BCUT2D eigenvalue weighted by Crippen LogP contribution is 2.32. The quantitative estimate of drug-likeness (QED) is 0.819. The van der Waals surface area contributed by atoms with E-state index in [2.05, 4.69) is 30.0 Å². The van der Waals surface area contributed by atoms with E-state index in [1.54, 1.807) is 0 Å². The van der Waals surface area contributed by atoms with Crippen molar-refractivity contribution < 1.29 is 4.74 Å². The van der Waals surface area contributed by atoms with Crippen molar-refractivity contribution in [2.45, 2.75) is 19.9 Å². The van der Waals surface area contributed by atoms with Crippen LogP contribution in [0.25, 0.3) is 0 Å². The van der Waals surface area contributed by atoms with Gasteiger partial charge in [0.05, 0.1) is 12.2 Å². The summed E-state index contributed by atoms with van der Waals surface area (Å²) in [5.74, 6) is 0.984. The molecular weight excluding hydrogens is 188 g/mol. The van der Waals surface area contributed by atoms with Gasteiger partial charge in [-0.05, 0) is 24.1 Å². The van der Waals surface area contributed by atoms with Crippen molar-refractivity contribution >= 4 is 5.69 Å². The molecule has 0 atom stereocenters. The largest absolute Gasteiger partial charge is 0.490 e. The molecule has 0 unspecified atom stereocenters. The lowest BCUT2D eigenvalue weighted by molar-refractivity contribution is 0.307. The Hall–Kier alpha value is -1.22. The van der Waals surface area contributed by atoms with E-state index in [0.717, 1.165) is 37.4 Å². The van der Waals surface area contributed by atoms with Crippen LogP contribution < -0.4 is 15.4 Å². The summed E-state index contributed by atoms with van der Waals surface area (Å²) in [7, 11) is 0. The minimum absolute atomic E-state index is 0.574. The number of anilines is 1. The molecule has 82 valence electrons. The molecule has 15 heavy (non-hydrogen) atoms. The van der Waals surface area contributed by atoms with Crippen LogP contribution in [0.5, 0.6) is 5.75 Å². The van der Waals surface area contributed by atoms with Gasteiger partial charge in [-0.3, -0.25) is 0 Å². The highest BCUT2D eigenvalue weighted by molar-refractivity contribution is 5.61. The minimum Gasteiger partial charge on any atom is -0.490 e. The van der Waals surface area contributed by atoms with Crippen molar-refractivity contribution in [3.8, 4) is 5.75 Å². The predicted octanol–water partition coefficient (Wildman–Crippen LogP) is 1.75. The number of ether oxygens (including phenoxy) is 1. The van der Waals surface area contributed by atoms with E-state index in [9.17, 15) is 0 Å². The van der Waals surface area contributed by atoms with Gasteiger partial charge in [0.2, 0.25) is 0 Å². The SMILES string of the molecule is CCCN1CCOc2cc(CN)ccc21. The van der Waals surface area contributed by atoms with Gasteiger partial charge >= 0.3 is 0 Å². The summed E-state index contributed by atoms with van der Waals surface area (Å²) in [5.41, 5.74) is 7.95. The molecule has 1 aromatic carbocycles. The number of benzene rings is 1. The first kappa shape index (κ1) is 10.3. The summed E-state index contributed by atoms with van der Waals surface area (Å²) in [6.07, 6.45) is 1.16. The smallest absolute Gasteiger partial charge is 0.143 e. The number of hydrogen-bond donors (Lipinski definition) is 1. The average Bonchev–Trinajstić information content (AvgIpc) is 2.29. The molecule has 0 aliphatic carbocycles. The second kappa shape index (κ2) is 4.53. The molecule has 0 bridgehead atoms. The molecule has 1 aliphatic rings. The lowest BCUT2D eigenvalue weighted by atomic mass is 10.1. The molecule has 1 heterocycles. The number of fused-ring (bicyclic) bond motifs is 1. The van der Waals surface area contributed by atoms with Gasteiger partial charge < -0.3 is 15.4 Å². The van der Waals surface area contributed by atoms with Crippen LogP contribution in [0.3, 0.4) is 0 Å². The Morgan fingerprint density at radius 1 is 1.47 bits per heavy atom. The molecule has 3 nitrogen and oxygen atoms in total. The van der Waals surface area contributed by atoms with Crippen molar-refractivity contribution in [3.05, 3.63) is 23.8 Å². The predicted molar refractivity (Wildman–Crippen MR) is 62.3 cm³/mol. The van der Waals surface area contributed by atoms with Crippen LogP contribution in [-0.2, 0) is 6.54 Å². The number of nitrogens with two attached hydrogens (primary N) is 1. The Bertz CT molecular complexity index is 338. The summed E-state index contributed by atoms with van der Waals surface area (Å²) in [4.78, 5) is 2.37. The number of hydrogen-bond acceptors (Lipinski definition) is 3. The molecule has 0 saturated carbocycles. The second-order valence-corrected chi connectivity index (χ2v) is 3.84. The van der Waals surface area contributed by atoms with Crippen LogP contribution >= 0.6 is 0 Å². The summed E-state index contributed by atoms with van der Waals surface area (Å²) >= 11 is 0. The first-order valence-corrected chi connectivity index (χ1v) is 5.56. The van der Waals surface area contributed by atoms with Gasteiger partial charge in [-0.25, -0.2) is 0 Å². The summed E-state index contributed by atoms with van der Waals surface area (Å²) in [5, 5.41) is 0. The van der Waals surface area contributed by atoms with Crippen LogP contribution in [-0.4, -0.2) is 19.7 Å². The van der Waals surface area contributed by atoms with Crippen LogP contribution in [0, 0.1) is 0 Å². The van der Waals surface area contributed by atoms with E-state index in [4.69, 9.17) is 10.5 Å². The van der Waals surface area contributed by atoms with E-state index >= 15 is 0 Å². The van der Waals surface area contributed by atoms with Crippen molar-refractivity contribution in [1.82, 2.24) is 0 Å². The molecule has 0 amide bonds. The van der Waals surface area contributed by atoms with Crippen molar-refractivity contribution in [2.75, 3.05) is 24.6 Å². The maximum absolute atomic E-state index is 5.65. The Kier molecular flexibility index (Phi) is 3.11. The molecule has 2 rings (SSSR count). The molecule has 0 aromatic heterocycles. The monoisotopic (exact) mass is 206 g/mol. The molecule has 0 radical (unpaired) electrons. The second-order valence-electron chi connectivity index (χ2n) is 3.84. The molecule has 1 aromatic rings. The minimum atomic E-state index is 0.574. The third kappa shape index (κ3) is 2.07. The van der Waals surface area contributed by atoms with Gasteiger partial charge in [0.15, 0.2) is 0 Å². The van der Waals surface area contributed by atoms with E-state index in [1.165, 1.54) is 5.69 Å². The first-order valence-electron chi connectivity index (χ1n) is 5.56. The van der Waals surface area contributed by atoms with Gasteiger partial charge in [0, 0.05) is 13.1 Å². The van der Waals surface area contributed by atoms with Gasteiger partial charge in [0.25, 0.3) is 0 Å². The number of rotatable bonds is 3. The normalized spacial score (nSPS) is 14.7. The zero-order chi connectivity index (χ0) is 10.7. The van der Waals surface area contributed by atoms with Crippen molar-refractivity contribution in [1.29, 1.82) is 0 Å². The van der Waals surface area contributed by atoms with Gasteiger partial charge in [-0.15, -0.1) is 0 Å². The summed E-state index contributed by atoms with van der Waals surface area (Å²) in [6, 6.07) is 6.25. The third-order valence-electron chi connectivity index (χ3n) is 2.71. The zero-order valence-electron chi connectivity index (χ0n) is 9.20. The summed E-state index contributed by atoms with van der Waals surface area (Å²) < 4.78 is 5.65. The maximum Gasteiger partial charge on any atom is 0.143 e. The standard InChI is InChI=1S/C12H18N2O/c1-2-5-14-6-7-15-12-8-10(9-13)3-4-11(12)14/h3-4,8H,2,5-7,9,13H2,1H3. The van der Waals surface area contributed by atoms with E-state index < -0.39 is 0 Å². The van der Waals surface area contributed by atoms with E-state index in [1.807, 2.05) is 0 Å². The maximum atomic E-state index is 5.65. The van der Waals surface area contributed by atoms with Crippen LogP contribution in [0.15, 0.2) is 18.2 Å². The van der Waals surface area contributed by atoms with E-state index in [0.29, 0.717) is 6.54 Å². The van der Waals surface area contributed by atoms with Gasteiger partial charge in [-0.1, -0.05) is 13.0 Å². The van der Waals surface area contributed by atoms with Crippen molar-refractivity contribution in [3.63, 3.8) is 0 Å². The van der Waals surface area contributed by atoms with Crippen LogP contribution in [0.1, 0.15) is 18.9 Å². The highest BCUT2D eigenvalue weighted by Gasteiger charge is 2.16. The fourth-order valence-corrected chi connectivity index (χ4v) is 1.95. The summed E-state index contributed by atoms with van der Waals surface area (Å²) in [6.45, 7) is 5.63. The first-order chi connectivity index (χ1) is 7.35. The Morgan fingerprint density at radius 3 is 3.07 bits per heavy atom. The zero-order valence-corrected chi connectivity index (χ0v) is 9.20. The molecule has 1 aliphatic heterocycles. The Morgan fingerprint density at radius 2 is 2.33 bits per heavy atom. The third-order valence-corrected chi connectivity index (χ3v) is 2.71. The lowest BCUT2D eigenvalue weighted by Gasteiger charge is -2.31. The lowest BCUT2D eigenvalue weighted by Crippen LogP contribution is -2.33. The molecule has 0 saturated heterocycles.